The number of methoxy groups -OCH3 is 1. The van der Waals surface area contributed by atoms with Gasteiger partial charge in [-0.1, -0.05) is 30.3 Å². The molecule has 3 rings (SSSR count). The first-order chi connectivity index (χ1) is 11.1. The predicted molar refractivity (Wildman–Crippen MR) is 92.2 cm³/mol. The van der Waals surface area contributed by atoms with Crippen LogP contribution in [-0.4, -0.2) is 30.2 Å². The van der Waals surface area contributed by atoms with Crippen LogP contribution in [0.5, 0.6) is 5.75 Å². The number of carbonyl (C=O) groups excluding carboxylic acids is 2. The van der Waals surface area contributed by atoms with E-state index in [9.17, 15) is 9.59 Å². The van der Waals surface area contributed by atoms with E-state index in [1.165, 1.54) is 7.05 Å². The van der Waals surface area contributed by atoms with Crippen LogP contribution >= 0.6 is 11.8 Å². The summed E-state index contributed by atoms with van der Waals surface area (Å²) in [4.78, 5) is 25.1. The molecule has 1 aliphatic heterocycles. The maximum absolute atomic E-state index is 11.9. The van der Waals surface area contributed by atoms with Crippen LogP contribution in [0, 0.1) is 0 Å². The Morgan fingerprint density at radius 2 is 1.78 bits per heavy atom. The van der Waals surface area contributed by atoms with Gasteiger partial charge in [0.1, 0.15) is 5.75 Å². The van der Waals surface area contributed by atoms with E-state index in [0.717, 1.165) is 39.1 Å². The zero-order chi connectivity index (χ0) is 16.4. The van der Waals surface area contributed by atoms with Crippen LogP contribution < -0.4 is 4.74 Å². The van der Waals surface area contributed by atoms with Gasteiger partial charge in [-0.3, -0.25) is 14.5 Å². The largest absolute Gasteiger partial charge is 0.497 e. The molecule has 1 fully saturated rings. The lowest BCUT2D eigenvalue weighted by atomic mass is 10.0. The van der Waals surface area contributed by atoms with Crippen molar-refractivity contribution < 1.29 is 14.3 Å². The molecular formula is C18H15NO3S. The summed E-state index contributed by atoms with van der Waals surface area (Å²) in [5.41, 5.74) is 2.99. The van der Waals surface area contributed by atoms with E-state index in [4.69, 9.17) is 4.74 Å². The number of ether oxygens (including phenoxy) is 1. The van der Waals surface area contributed by atoms with E-state index in [1.54, 1.807) is 13.2 Å². The Hall–Kier alpha value is -2.53. The fourth-order valence-electron chi connectivity index (χ4n) is 2.29. The lowest BCUT2D eigenvalue weighted by Crippen LogP contribution is -2.22. The van der Waals surface area contributed by atoms with Gasteiger partial charge in [0.15, 0.2) is 0 Å². The first-order valence-electron chi connectivity index (χ1n) is 7.04. The quantitative estimate of drug-likeness (QED) is 0.799. The molecule has 0 N–H and O–H groups in total. The number of amides is 2. The monoisotopic (exact) mass is 325 g/mol. The highest BCUT2D eigenvalue weighted by atomic mass is 32.2. The zero-order valence-electron chi connectivity index (χ0n) is 12.8. The number of hydrogen-bond acceptors (Lipinski definition) is 4. The van der Waals surface area contributed by atoms with Gasteiger partial charge in [0, 0.05) is 7.05 Å². The molecule has 0 spiro atoms. The first kappa shape index (κ1) is 15.4. The molecule has 1 saturated heterocycles. The van der Waals surface area contributed by atoms with Gasteiger partial charge in [0.05, 0.1) is 12.0 Å². The molecule has 1 heterocycles. The molecule has 116 valence electrons. The smallest absolute Gasteiger partial charge is 0.293 e. The van der Waals surface area contributed by atoms with Crippen molar-refractivity contribution in [2.75, 3.05) is 14.2 Å². The van der Waals surface area contributed by atoms with E-state index in [0.29, 0.717) is 4.91 Å². The van der Waals surface area contributed by atoms with Crippen molar-refractivity contribution in [2.45, 2.75) is 0 Å². The molecule has 23 heavy (non-hydrogen) atoms. The number of rotatable bonds is 3. The van der Waals surface area contributed by atoms with Crippen molar-refractivity contribution in [3.8, 4) is 16.9 Å². The maximum atomic E-state index is 11.9. The predicted octanol–water partition coefficient (Wildman–Crippen LogP) is 4.03. The number of nitrogens with zero attached hydrogens (tertiary/aromatic N) is 1. The number of likely N-dealkylation sites (N-methyl/N-ethyl adjacent to an activating group) is 1. The zero-order valence-corrected chi connectivity index (χ0v) is 13.6. The molecule has 1 aliphatic rings. The van der Waals surface area contributed by atoms with Gasteiger partial charge in [0.2, 0.25) is 0 Å². The van der Waals surface area contributed by atoms with Crippen LogP contribution in [-0.2, 0) is 4.79 Å². The average Bonchev–Trinajstić information content (AvgIpc) is 2.82. The third-order valence-electron chi connectivity index (χ3n) is 3.59. The standard InChI is InChI=1S/C18H15NO3S/c1-19-17(20)16(23-18(19)21)11-12-4-3-5-14(10-12)13-6-8-15(22-2)9-7-13/h3-11H,1-2H3/b16-11-. The summed E-state index contributed by atoms with van der Waals surface area (Å²) in [6.07, 6.45) is 1.75. The number of hydrogen-bond donors (Lipinski definition) is 0. The number of thioether (sulfide) groups is 1. The average molecular weight is 325 g/mol. The van der Waals surface area contributed by atoms with Crippen molar-refractivity contribution >= 4 is 29.0 Å². The summed E-state index contributed by atoms with van der Waals surface area (Å²) in [7, 11) is 3.13. The van der Waals surface area contributed by atoms with E-state index >= 15 is 0 Å². The van der Waals surface area contributed by atoms with Crippen molar-refractivity contribution in [1.82, 2.24) is 4.90 Å². The fourth-order valence-corrected chi connectivity index (χ4v) is 3.12. The van der Waals surface area contributed by atoms with E-state index in [2.05, 4.69) is 0 Å². The summed E-state index contributed by atoms with van der Waals surface area (Å²) in [5.74, 6) is 0.552. The molecule has 0 atom stereocenters. The molecule has 2 amide bonds. The molecule has 4 nitrogen and oxygen atoms in total. The summed E-state index contributed by atoms with van der Waals surface area (Å²) < 4.78 is 5.16. The van der Waals surface area contributed by atoms with Gasteiger partial charge in [-0.15, -0.1) is 0 Å². The van der Waals surface area contributed by atoms with E-state index in [1.807, 2.05) is 48.5 Å². The second-order valence-corrected chi connectivity index (χ2v) is 6.09. The number of carbonyl (C=O) groups is 2. The minimum absolute atomic E-state index is 0.243. The minimum Gasteiger partial charge on any atom is -0.497 e. The molecule has 5 heteroatoms. The van der Waals surface area contributed by atoms with Crippen LogP contribution in [0.3, 0.4) is 0 Å². The third-order valence-corrected chi connectivity index (χ3v) is 4.56. The van der Waals surface area contributed by atoms with Crippen molar-refractivity contribution in [3.63, 3.8) is 0 Å². The highest BCUT2D eigenvalue weighted by Crippen LogP contribution is 2.31. The van der Waals surface area contributed by atoms with Crippen LogP contribution in [0.4, 0.5) is 4.79 Å². The van der Waals surface area contributed by atoms with Crippen LogP contribution in [0.2, 0.25) is 0 Å². The van der Waals surface area contributed by atoms with E-state index < -0.39 is 0 Å². The highest BCUT2D eigenvalue weighted by molar-refractivity contribution is 8.18. The summed E-state index contributed by atoms with van der Waals surface area (Å²) in [6.45, 7) is 0. The molecule has 0 bridgehead atoms. The Kier molecular flexibility index (Phi) is 4.21. The van der Waals surface area contributed by atoms with Gasteiger partial charge in [-0.2, -0.15) is 0 Å². The number of imide groups is 1. The third kappa shape index (κ3) is 3.14. The minimum atomic E-state index is -0.255. The first-order valence-corrected chi connectivity index (χ1v) is 7.86. The van der Waals surface area contributed by atoms with Crippen LogP contribution in [0.25, 0.3) is 17.2 Å². The maximum Gasteiger partial charge on any atom is 0.293 e. The summed E-state index contributed by atoms with van der Waals surface area (Å²) >= 11 is 0.965. The molecule has 2 aromatic rings. The highest BCUT2D eigenvalue weighted by Gasteiger charge is 2.31. The molecule has 0 aliphatic carbocycles. The second kappa shape index (κ2) is 6.30. The fraction of sp³-hybridized carbons (Fsp3) is 0.111. The van der Waals surface area contributed by atoms with Crippen molar-refractivity contribution in [1.29, 1.82) is 0 Å². The van der Waals surface area contributed by atoms with Gasteiger partial charge in [-0.25, -0.2) is 0 Å². The summed E-state index contributed by atoms with van der Waals surface area (Å²) in [6, 6.07) is 15.6. The molecule has 0 saturated carbocycles. The van der Waals surface area contributed by atoms with E-state index in [-0.39, 0.29) is 11.1 Å². The van der Waals surface area contributed by atoms with Gasteiger partial charge in [-0.05, 0) is 52.7 Å². The second-order valence-electron chi connectivity index (χ2n) is 5.09. The van der Waals surface area contributed by atoms with Gasteiger partial charge >= 0.3 is 0 Å². The Morgan fingerprint density at radius 1 is 1.04 bits per heavy atom. The Morgan fingerprint density at radius 3 is 2.39 bits per heavy atom. The summed E-state index contributed by atoms with van der Waals surface area (Å²) in [5, 5.41) is -0.243. The topological polar surface area (TPSA) is 46.6 Å². The van der Waals surface area contributed by atoms with Crippen molar-refractivity contribution in [2.24, 2.45) is 0 Å². The molecular weight excluding hydrogens is 310 g/mol. The molecule has 0 radical (unpaired) electrons. The van der Waals surface area contributed by atoms with Crippen molar-refractivity contribution in [3.05, 3.63) is 59.0 Å². The van der Waals surface area contributed by atoms with Gasteiger partial charge in [0.25, 0.3) is 11.1 Å². The van der Waals surface area contributed by atoms with Crippen LogP contribution in [0.15, 0.2) is 53.4 Å². The Bertz CT molecular complexity index is 796. The molecule has 2 aromatic carbocycles. The SMILES string of the molecule is COc1ccc(-c2cccc(/C=C3\SC(=O)N(C)C3=O)c2)cc1. The number of benzene rings is 2. The lowest BCUT2D eigenvalue weighted by molar-refractivity contribution is -0.121. The molecule has 0 aromatic heterocycles. The Balaban J connectivity index is 1.91. The normalized spacial score (nSPS) is 16.3. The van der Waals surface area contributed by atoms with Gasteiger partial charge < -0.3 is 4.74 Å². The lowest BCUT2D eigenvalue weighted by Gasteiger charge is -2.05. The Labute approximate surface area is 138 Å². The van der Waals surface area contributed by atoms with Crippen LogP contribution in [0.1, 0.15) is 5.56 Å². The molecule has 0 unspecified atom stereocenters.